The van der Waals surface area contributed by atoms with Crippen LogP contribution in [-0.2, 0) is 9.53 Å². The minimum Gasteiger partial charge on any atom is -0.368 e. The van der Waals surface area contributed by atoms with Gasteiger partial charge in [-0.2, -0.15) is 0 Å². The molecule has 24 heavy (non-hydrogen) atoms. The lowest BCUT2D eigenvalue weighted by molar-refractivity contribution is -0.140. The number of benzene rings is 1. The van der Waals surface area contributed by atoms with Crippen molar-refractivity contribution in [2.45, 2.75) is 31.3 Å². The summed E-state index contributed by atoms with van der Waals surface area (Å²) in [4.78, 5) is 26.8. The highest BCUT2D eigenvalue weighted by Crippen LogP contribution is 2.25. The third-order valence-electron chi connectivity index (χ3n) is 5.00. The Bertz CT molecular complexity index is 588. The van der Waals surface area contributed by atoms with Gasteiger partial charge in [0.05, 0.1) is 0 Å². The Balaban J connectivity index is 1.65. The van der Waals surface area contributed by atoms with Crippen LogP contribution in [0.15, 0.2) is 24.3 Å². The van der Waals surface area contributed by atoms with E-state index in [1.54, 1.807) is 31.4 Å². The molecule has 1 aromatic rings. The SMILES string of the molecule is COC1(C(=O)Nc2ccc(C(=O)N3CCCC3)cc2)CCNCC1. The van der Waals surface area contributed by atoms with Gasteiger partial charge in [0, 0.05) is 31.5 Å². The molecule has 0 spiro atoms. The molecule has 0 aliphatic carbocycles. The summed E-state index contributed by atoms with van der Waals surface area (Å²) in [5.41, 5.74) is 0.584. The number of carbonyl (C=O) groups is 2. The molecular formula is C18H25N3O3. The molecule has 2 heterocycles. The van der Waals surface area contributed by atoms with Gasteiger partial charge in [-0.15, -0.1) is 0 Å². The van der Waals surface area contributed by atoms with Crippen molar-refractivity contribution in [3.63, 3.8) is 0 Å². The molecule has 6 nitrogen and oxygen atoms in total. The standard InChI is InChI=1S/C18H25N3O3/c1-24-18(8-10-19-11-9-18)17(23)20-15-6-4-14(5-7-15)16(22)21-12-2-3-13-21/h4-7,19H,2-3,8-13H2,1H3,(H,20,23). The summed E-state index contributed by atoms with van der Waals surface area (Å²) >= 11 is 0. The van der Waals surface area contributed by atoms with Crippen molar-refractivity contribution >= 4 is 17.5 Å². The summed E-state index contributed by atoms with van der Waals surface area (Å²) < 4.78 is 5.53. The van der Waals surface area contributed by atoms with Crippen LogP contribution in [0.3, 0.4) is 0 Å². The minimum atomic E-state index is -0.769. The molecule has 3 rings (SSSR count). The molecule has 2 saturated heterocycles. The Morgan fingerprint density at radius 1 is 1.12 bits per heavy atom. The molecule has 6 heteroatoms. The summed E-state index contributed by atoms with van der Waals surface area (Å²) in [5.74, 6) is -0.0535. The largest absolute Gasteiger partial charge is 0.368 e. The van der Waals surface area contributed by atoms with Gasteiger partial charge < -0.3 is 20.3 Å². The minimum absolute atomic E-state index is 0.0668. The zero-order valence-corrected chi connectivity index (χ0v) is 14.1. The van der Waals surface area contributed by atoms with E-state index in [4.69, 9.17) is 4.74 Å². The van der Waals surface area contributed by atoms with Crippen molar-refractivity contribution in [2.75, 3.05) is 38.6 Å². The Hall–Kier alpha value is -1.92. The van der Waals surface area contributed by atoms with Gasteiger partial charge in [-0.05, 0) is 63.0 Å². The summed E-state index contributed by atoms with van der Waals surface area (Å²) in [6.07, 6.45) is 3.46. The van der Waals surface area contributed by atoms with Gasteiger partial charge in [0.15, 0.2) is 0 Å². The summed E-state index contributed by atoms with van der Waals surface area (Å²) in [5, 5.41) is 6.16. The number of hydrogen-bond acceptors (Lipinski definition) is 4. The van der Waals surface area contributed by atoms with E-state index in [-0.39, 0.29) is 11.8 Å². The summed E-state index contributed by atoms with van der Waals surface area (Å²) in [6.45, 7) is 3.21. The van der Waals surface area contributed by atoms with Crippen molar-refractivity contribution in [2.24, 2.45) is 0 Å². The van der Waals surface area contributed by atoms with Crippen molar-refractivity contribution in [3.05, 3.63) is 29.8 Å². The highest BCUT2D eigenvalue weighted by Gasteiger charge is 2.39. The van der Waals surface area contributed by atoms with Crippen molar-refractivity contribution in [1.29, 1.82) is 0 Å². The van der Waals surface area contributed by atoms with Crippen LogP contribution < -0.4 is 10.6 Å². The molecule has 2 fully saturated rings. The number of piperidine rings is 1. The number of nitrogens with zero attached hydrogens (tertiary/aromatic N) is 1. The van der Waals surface area contributed by atoms with Crippen LogP contribution in [0.1, 0.15) is 36.0 Å². The number of methoxy groups -OCH3 is 1. The number of ether oxygens (including phenoxy) is 1. The maximum atomic E-state index is 12.6. The van der Waals surface area contributed by atoms with Gasteiger partial charge in [-0.1, -0.05) is 0 Å². The molecule has 2 aliphatic rings. The van der Waals surface area contributed by atoms with Crippen LogP contribution in [0.5, 0.6) is 0 Å². The summed E-state index contributed by atoms with van der Waals surface area (Å²) in [7, 11) is 1.59. The molecule has 130 valence electrons. The first-order valence-electron chi connectivity index (χ1n) is 8.61. The molecule has 0 saturated carbocycles. The van der Waals surface area contributed by atoms with E-state index in [1.165, 1.54) is 0 Å². The molecule has 2 N–H and O–H groups in total. The van der Waals surface area contributed by atoms with Gasteiger partial charge in [0.25, 0.3) is 11.8 Å². The number of amides is 2. The predicted molar refractivity (Wildman–Crippen MR) is 92.1 cm³/mol. The van der Waals surface area contributed by atoms with Gasteiger partial charge in [-0.3, -0.25) is 9.59 Å². The Kier molecular flexibility index (Phi) is 5.16. The molecule has 2 amide bonds. The van der Waals surface area contributed by atoms with Crippen molar-refractivity contribution in [1.82, 2.24) is 10.2 Å². The van der Waals surface area contributed by atoms with Crippen LogP contribution in [-0.4, -0.2) is 55.6 Å². The van der Waals surface area contributed by atoms with Crippen molar-refractivity contribution in [3.8, 4) is 0 Å². The van der Waals surface area contributed by atoms with Crippen LogP contribution in [0.4, 0.5) is 5.69 Å². The highest BCUT2D eigenvalue weighted by molar-refractivity contribution is 5.98. The number of hydrogen-bond donors (Lipinski definition) is 2. The predicted octanol–water partition coefficient (Wildman–Crippen LogP) is 1.63. The molecule has 1 aromatic carbocycles. The van der Waals surface area contributed by atoms with Crippen molar-refractivity contribution < 1.29 is 14.3 Å². The zero-order chi connectivity index (χ0) is 17.0. The molecule has 0 unspecified atom stereocenters. The quantitative estimate of drug-likeness (QED) is 0.880. The average molecular weight is 331 g/mol. The zero-order valence-electron chi connectivity index (χ0n) is 14.1. The second-order valence-corrected chi connectivity index (χ2v) is 6.48. The number of anilines is 1. The molecule has 0 aromatic heterocycles. The number of rotatable bonds is 4. The second-order valence-electron chi connectivity index (χ2n) is 6.48. The van der Waals surface area contributed by atoms with Gasteiger partial charge in [0.2, 0.25) is 0 Å². The topological polar surface area (TPSA) is 70.7 Å². The number of carbonyl (C=O) groups excluding carboxylic acids is 2. The average Bonchev–Trinajstić information content (AvgIpc) is 3.17. The van der Waals surface area contributed by atoms with E-state index >= 15 is 0 Å². The Morgan fingerprint density at radius 3 is 2.33 bits per heavy atom. The molecular weight excluding hydrogens is 306 g/mol. The Labute approximate surface area is 142 Å². The van der Waals surface area contributed by atoms with E-state index in [1.807, 2.05) is 4.90 Å². The maximum Gasteiger partial charge on any atom is 0.256 e. The highest BCUT2D eigenvalue weighted by atomic mass is 16.5. The van der Waals surface area contributed by atoms with E-state index in [0.29, 0.717) is 24.1 Å². The van der Waals surface area contributed by atoms with E-state index in [9.17, 15) is 9.59 Å². The van der Waals surface area contributed by atoms with Gasteiger partial charge in [-0.25, -0.2) is 0 Å². The monoisotopic (exact) mass is 331 g/mol. The molecule has 0 radical (unpaired) electrons. The van der Waals surface area contributed by atoms with E-state index in [2.05, 4.69) is 10.6 Å². The lowest BCUT2D eigenvalue weighted by Gasteiger charge is -2.34. The smallest absolute Gasteiger partial charge is 0.256 e. The molecule has 0 bridgehead atoms. The van der Waals surface area contributed by atoms with E-state index in [0.717, 1.165) is 39.0 Å². The first-order valence-corrected chi connectivity index (χ1v) is 8.61. The normalized spacial score (nSPS) is 20.0. The van der Waals surface area contributed by atoms with Crippen LogP contribution in [0.2, 0.25) is 0 Å². The van der Waals surface area contributed by atoms with E-state index < -0.39 is 5.60 Å². The number of likely N-dealkylation sites (tertiary alicyclic amines) is 1. The van der Waals surface area contributed by atoms with Crippen LogP contribution in [0, 0.1) is 0 Å². The Morgan fingerprint density at radius 2 is 1.75 bits per heavy atom. The van der Waals surface area contributed by atoms with Crippen LogP contribution in [0.25, 0.3) is 0 Å². The second kappa shape index (κ2) is 7.32. The third-order valence-corrected chi connectivity index (χ3v) is 5.00. The van der Waals surface area contributed by atoms with Gasteiger partial charge >= 0.3 is 0 Å². The molecule has 2 aliphatic heterocycles. The fourth-order valence-corrected chi connectivity index (χ4v) is 3.40. The first kappa shape index (κ1) is 16.9. The number of nitrogens with one attached hydrogen (secondary N) is 2. The van der Waals surface area contributed by atoms with Crippen LogP contribution >= 0.6 is 0 Å². The first-order chi connectivity index (χ1) is 11.6. The fourth-order valence-electron chi connectivity index (χ4n) is 3.40. The third kappa shape index (κ3) is 3.44. The maximum absolute atomic E-state index is 12.6. The van der Waals surface area contributed by atoms with Gasteiger partial charge in [0.1, 0.15) is 5.60 Å². The fraction of sp³-hybridized carbons (Fsp3) is 0.556. The lowest BCUT2D eigenvalue weighted by atomic mass is 9.91. The molecule has 0 atom stereocenters. The summed E-state index contributed by atoms with van der Waals surface area (Å²) in [6, 6.07) is 7.12. The lowest BCUT2D eigenvalue weighted by Crippen LogP contribution is -2.51.